The number of ketones is 1. The number of rotatable bonds is 4. The highest BCUT2D eigenvalue weighted by Gasteiger charge is 2.30. The van der Waals surface area contributed by atoms with Crippen molar-refractivity contribution >= 4 is 5.78 Å². The molecule has 1 saturated carbocycles. The van der Waals surface area contributed by atoms with Gasteiger partial charge in [-0.15, -0.1) is 0 Å². The molecule has 0 amide bonds. The van der Waals surface area contributed by atoms with Gasteiger partial charge in [0, 0.05) is 5.92 Å². The van der Waals surface area contributed by atoms with Gasteiger partial charge in [-0.25, -0.2) is 0 Å². The van der Waals surface area contributed by atoms with E-state index in [1.165, 1.54) is 0 Å². The molecule has 0 atom stereocenters. The SMILES string of the molecule is COc1cccc(OC)c1C(=O)C1CCC1. The molecule has 0 radical (unpaired) electrons. The van der Waals surface area contributed by atoms with E-state index in [-0.39, 0.29) is 11.7 Å². The van der Waals surface area contributed by atoms with Gasteiger partial charge in [0.05, 0.1) is 14.2 Å². The third-order valence-corrected chi connectivity index (χ3v) is 3.15. The van der Waals surface area contributed by atoms with E-state index in [0.717, 1.165) is 19.3 Å². The lowest BCUT2D eigenvalue weighted by atomic mass is 9.79. The van der Waals surface area contributed by atoms with Crippen LogP contribution >= 0.6 is 0 Å². The van der Waals surface area contributed by atoms with Crippen molar-refractivity contribution in [3.63, 3.8) is 0 Å². The Kier molecular flexibility index (Phi) is 3.13. The van der Waals surface area contributed by atoms with Gasteiger partial charge in [-0.3, -0.25) is 4.79 Å². The van der Waals surface area contributed by atoms with E-state index in [2.05, 4.69) is 0 Å². The van der Waals surface area contributed by atoms with E-state index in [4.69, 9.17) is 9.47 Å². The summed E-state index contributed by atoms with van der Waals surface area (Å²) in [5.41, 5.74) is 0.595. The van der Waals surface area contributed by atoms with E-state index >= 15 is 0 Å². The van der Waals surface area contributed by atoms with Gasteiger partial charge in [0.25, 0.3) is 0 Å². The summed E-state index contributed by atoms with van der Waals surface area (Å²) in [6.07, 6.45) is 3.12. The first-order chi connectivity index (χ1) is 7.77. The third-order valence-electron chi connectivity index (χ3n) is 3.15. The molecule has 3 nitrogen and oxygen atoms in total. The molecule has 1 aromatic rings. The monoisotopic (exact) mass is 220 g/mol. The molecule has 1 aliphatic rings. The van der Waals surface area contributed by atoms with Crippen LogP contribution < -0.4 is 9.47 Å². The molecule has 0 N–H and O–H groups in total. The second-order valence-corrected chi connectivity index (χ2v) is 4.03. The van der Waals surface area contributed by atoms with Crippen molar-refractivity contribution in [2.75, 3.05) is 14.2 Å². The Hall–Kier alpha value is -1.51. The Morgan fingerprint density at radius 3 is 2.12 bits per heavy atom. The molecular formula is C13H16O3. The molecule has 86 valence electrons. The lowest BCUT2D eigenvalue weighted by molar-refractivity contribution is 0.0848. The highest BCUT2D eigenvalue weighted by atomic mass is 16.5. The zero-order valence-electron chi connectivity index (χ0n) is 9.66. The highest BCUT2D eigenvalue weighted by molar-refractivity contribution is 6.03. The van der Waals surface area contributed by atoms with Crippen LogP contribution in [0.1, 0.15) is 29.6 Å². The molecule has 1 aliphatic carbocycles. The Morgan fingerprint density at radius 1 is 1.19 bits per heavy atom. The van der Waals surface area contributed by atoms with Gasteiger partial charge in [0.15, 0.2) is 5.78 Å². The van der Waals surface area contributed by atoms with E-state index in [0.29, 0.717) is 17.1 Å². The molecule has 0 heterocycles. The Balaban J connectivity index is 2.39. The van der Waals surface area contributed by atoms with E-state index < -0.39 is 0 Å². The van der Waals surface area contributed by atoms with E-state index in [1.54, 1.807) is 26.4 Å². The maximum absolute atomic E-state index is 12.2. The minimum absolute atomic E-state index is 0.153. The summed E-state index contributed by atoms with van der Waals surface area (Å²) in [5.74, 6) is 1.53. The first-order valence-electron chi connectivity index (χ1n) is 5.53. The van der Waals surface area contributed by atoms with Crippen LogP contribution in [0.2, 0.25) is 0 Å². The lowest BCUT2D eigenvalue weighted by Crippen LogP contribution is -2.23. The van der Waals surface area contributed by atoms with Gasteiger partial charge in [-0.05, 0) is 25.0 Å². The zero-order valence-corrected chi connectivity index (χ0v) is 9.66. The second-order valence-electron chi connectivity index (χ2n) is 4.03. The number of carbonyl (C=O) groups is 1. The summed E-state index contributed by atoms with van der Waals surface area (Å²) in [7, 11) is 3.15. The van der Waals surface area contributed by atoms with Crippen LogP contribution in [0, 0.1) is 5.92 Å². The quantitative estimate of drug-likeness (QED) is 0.732. The first-order valence-corrected chi connectivity index (χ1v) is 5.53. The molecule has 0 aliphatic heterocycles. The number of hydrogen-bond donors (Lipinski definition) is 0. The maximum Gasteiger partial charge on any atom is 0.173 e. The Labute approximate surface area is 95.4 Å². The predicted molar refractivity (Wildman–Crippen MR) is 61.2 cm³/mol. The minimum atomic E-state index is 0.153. The molecule has 0 unspecified atom stereocenters. The number of benzene rings is 1. The smallest absolute Gasteiger partial charge is 0.173 e. The van der Waals surface area contributed by atoms with Crippen molar-refractivity contribution in [3.05, 3.63) is 23.8 Å². The lowest BCUT2D eigenvalue weighted by Gasteiger charge is -2.25. The summed E-state index contributed by atoms with van der Waals surface area (Å²) in [4.78, 5) is 12.2. The van der Waals surface area contributed by atoms with Crippen LogP contribution in [0.3, 0.4) is 0 Å². The van der Waals surface area contributed by atoms with Crippen LogP contribution in [-0.2, 0) is 0 Å². The van der Waals surface area contributed by atoms with Crippen molar-refractivity contribution in [1.82, 2.24) is 0 Å². The minimum Gasteiger partial charge on any atom is -0.496 e. The van der Waals surface area contributed by atoms with Gasteiger partial charge in [-0.1, -0.05) is 12.5 Å². The van der Waals surface area contributed by atoms with Crippen molar-refractivity contribution in [2.24, 2.45) is 5.92 Å². The van der Waals surface area contributed by atoms with Gasteiger partial charge in [0.1, 0.15) is 17.1 Å². The maximum atomic E-state index is 12.2. The summed E-state index contributed by atoms with van der Waals surface area (Å²) in [6, 6.07) is 5.43. The fraction of sp³-hybridized carbons (Fsp3) is 0.462. The molecule has 0 aromatic heterocycles. The average Bonchev–Trinajstić information content (AvgIpc) is 2.25. The number of hydrogen-bond acceptors (Lipinski definition) is 3. The number of Topliss-reactive ketones (excluding diaryl/α,β-unsaturated/α-hetero) is 1. The molecule has 0 spiro atoms. The van der Waals surface area contributed by atoms with Crippen LogP contribution in [0.5, 0.6) is 11.5 Å². The second kappa shape index (κ2) is 4.56. The molecule has 2 rings (SSSR count). The van der Waals surface area contributed by atoms with Crippen molar-refractivity contribution in [3.8, 4) is 11.5 Å². The third kappa shape index (κ3) is 1.77. The number of ether oxygens (including phenoxy) is 2. The van der Waals surface area contributed by atoms with Crippen molar-refractivity contribution in [1.29, 1.82) is 0 Å². The fourth-order valence-electron chi connectivity index (χ4n) is 1.97. The number of carbonyl (C=O) groups excluding carboxylic acids is 1. The van der Waals surface area contributed by atoms with E-state index in [1.807, 2.05) is 6.07 Å². The van der Waals surface area contributed by atoms with Crippen LogP contribution in [-0.4, -0.2) is 20.0 Å². The Morgan fingerprint density at radius 2 is 1.75 bits per heavy atom. The van der Waals surface area contributed by atoms with Crippen molar-refractivity contribution in [2.45, 2.75) is 19.3 Å². The summed E-state index contributed by atoms with van der Waals surface area (Å²) >= 11 is 0. The van der Waals surface area contributed by atoms with Gasteiger partial charge >= 0.3 is 0 Å². The summed E-state index contributed by atoms with van der Waals surface area (Å²) < 4.78 is 10.5. The zero-order chi connectivity index (χ0) is 11.5. The molecule has 0 bridgehead atoms. The van der Waals surface area contributed by atoms with Gasteiger partial charge in [-0.2, -0.15) is 0 Å². The van der Waals surface area contributed by atoms with Crippen LogP contribution in [0.4, 0.5) is 0 Å². The molecular weight excluding hydrogens is 204 g/mol. The highest BCUT2D eigenvalue weighted by Crippen LogP contribution is 2.36. The summed E-state index contributed by atoms with van der Waals surface area (Å²) in [6.45, 7) is 0. The molecule has 1 aromatic carbocycles. The van der Waals surface area contributed by atoms with Crippen molar-refractivity contribution < 1.29 is 14.3 Å². The average molecular weight is 220 g/mol. The standard InChI is InChI=1S/C13H16O3/c1-15-10-7-4-8-11(16-2)12(10)13(14)9-5-3-6-9/h4,7-9H,3,5-6H2,1-2H3. The van der Waals surface area contributed by atoms with Gasteiger partial charge < -0.3 is 9.47 Å². The summed E-state index contributed by atoms with van der Waals surface area (Å²) in [5, 5.41) is 0. The normalized spacial score (nSPS) is 15.4. The van der Waals surface area contributed by atoms with Crippen LogP contribution in [0.25, 0.3) is 0 Å². The van der Waals surface area contributed by atoms with Crippen LogP contribution in [0.15, 0.2) is 18.2 Å². The fourth-order valence-corrected chi connectivity index (χ4v) is 1.97. The molecule has 3 heteroatoms. The first kappa shape index (κ1) is 11.0. The van der Waals surface area contributed by atoms with Gasteiger partial charge in [0.2, 0.25) is 0 Å². The predicted octanol–water partition coefficient (Wildman–Crippen LogP) is 2.69. The topological polar surface area (TPSA) is 35.5 Å². The molecule has 1 fully saturated rings. The molecule has 16 heavy (non-hydrogen) atoms. The molecule has 0 saturated heterocycles. The Bertz CT molecular complexity index is 372. The van der Waals surface area contributed by atoms with E-state index in [9.17, 15) is 4.79 Å². The number of methoxy groups -OCH3 is 2. The largest absolute Gasteiger partial charge is 0.496 e.